The molecule has 13 heavy (non-hydrogen) atoms. The second kappa shape index (κ2) is 2.67. The van der Waals surface area contributed by atoms with Crippen LogP contribution in [0.5, 0.6) is 0 Å². The van der Waals surface area contributed by atoms with Crippen LogP contribution in [0.4, 0.5) is 0 Å². The molecule has 5 nitrogen and oxygen atoms in total. The molecule has 0 aromatic heterocycles. The number of aliphatic carboxylic acids is 1. The summed E-state index contributed by atoms with van der Waals surface area (Å²) in [6.45, 7) is 0.356. The maximum Gasteiger partial charge on any atom is 0.306 e. The molecule has 1 heterocycles. The third-order valence-electron chi connectivity index (χ3n) is 2.89. The lowest BCUT2D eigenvalue weighted by Crippen LogP contribution is -2.48. The van der Waals surface area contributed by atoms with Gasteiger partial charge in [-0.05, 0) is 12.8 Å². The smallest absolute Gasteiger partial charge is 0.306 e. The molecule has 1 saturated carbocycles. The van der Waals surface area contributed by atoms with Crippen molar-refractivity contribution in [2.75, 3.05) is 6.61 Å². The van der Waals surface area contributed by atoms with Crippen molar-refractivity contribution in [3.05, 3.63) is 0 Å². The minimum Gasteiger partial charge on any atom is -0.481 e. The number of aliphatic hydroxyl groups is 2. The third kappa shape index (κ3) is 1.33. The molecular weight excluding hydrogens is 176 g/mol. The Bertz CT molecular complexity index is 235. The van der Waals surface area contributed by atoms with Gasteiger partial charge in [-0.3, -0.25) is 4.79 Å². The molecule has 1 spiro atoms. The van der Waals surface area contributed by atoms with Crippen molar-refractivity contribution >= 4 is 5.97 Å². The zero-order valence-corrected chi connectivity index (χ0v) is 7.01. The maximum absolute atomic E-state index is 10.7. The number of hydrogen-bond donors (Lipinski definition) is 3. The van der Waals surface area contributed by atoms with Crippen molar-refractivity contribution in [2.45, 2.75) is 30.7 Å². The third-order valence-corrected chi connectivity index (χ3v) is 2.89. The van der Waals surface area contributed by atoms with Gasteiger partial charge in [0.25, 0.3) is 0 Å². The lowest BCUT2D eigenvalue weighted by molar-refractivity contribution is -0.150. The monoisotopic (exact) mass is 188 g/mol. The zero-order chi connectivity index (χ0) is 9.64. The normalized spacial score (nSPS) is 49.2. The van der Waals surface area contributed by atoms with Crippen LogP contribution in [0.2, 0.25) is 0 Å². The number of hydrogen-bond acceptors (Lipinski definition) is 4. The van der Waals surface area contributed by atoms with E-state index in [0.717, 1.165) is 0 Å². The van der Waals surface area contributed by atoms with Gasteiger partial charge in [0, 0.05) is 0 Å². The van der Waals surface area contributed by atoms with E-state index in [1.165, 1.54) is 0 Å². The van der Waals surface area contributed by atoms with E-state index >= 15 is 0 Å². The van der Waals surface area contributed by atoms with Crippen LogP contribution >= 0.6 is 0 Å². The molecule has 2 aliphatic rings. The van der Waals surface area contributed by atoms with Crippen molar-refractivity contribution in [1.29, 1.82) is 0 Å². The summed E-state index contributed by atoms with van der Waals surface area (Å²) in [4.78, 5) is 10.7. The molecular formula is C8H12O5. The fraction of sp³-hybridized carbons (Fsp3) is 0.875. The molecule has 0 radical (unpaired) electrons. The van der Waals surface area contributed by atoms with Gasteiger partial charge in [0.2, 0.25) is 0 Å². The summed E-state index contributed by atoms with van der Waals surface area (Å²) in [7, 11) is 0. The van der Waals surface area contributed by atoms with Gasteiger partial charge < -0.3 is 20.1 Å². The molecule has 0 aromatic carbocycles. The van der Waals surface area contributed by atoms with Gasteiger partial charge in [-0.2, -0.15) is 0 Å². The van der Waals surface area contributed by atoms with Gasteiger partial charge in [-0.1, -0.05) is 0 Å². The minimum atomic E-state index is -0.975. The second-order valence-electron chi connectivity index (χ2n) is 3.84. The van der Waals surface area contributed by atoms with E-state index in [1.807, 2.05) is 0 Å². The first-order valence-electron chi connectivity index (χ1n) is 4.28. The van der Waals surface area contributed by atoms with E-state index in [0.29, 0.717) is 13.0 Å². The highest BCUT2D eigenvalue weighted by Gasteiger charge is 2.58. The van der Waals surface area contributed by atoms with E-state index < -0.39 is 29.7 Å². The summed E-state index contributed by atoms with van der Waals surface area (Å²) in [6, 6.07) is 0. The summed E-state index contributed by atoms with van der Waals surface area (Å²) < 4.78 is 5.03. The number of carbonyl (C=O) groups is 1. The van der Waals surface area contributed by atoms with Crippen LogP contribution < -0.4 is 0 Å². The average molecular weight is 188 g/mol. The van der Waals surface area contributed by atoms with Crippen molar-refractivity contribution in [3.63, 3.8) is 0 Å². The predicted octanol–water partition coefficient (Wildman–Crippen LogP) is -1.03. The van der Waals surface area contributed by atoms with Gasteiger partial charge in [0.1, 0.15) is 11.7 Å². The molecule has 0 bridgehead atoms. The number of ether oxygens (including phenoxy) is 1. The molecule has 74 valence electrons. The molecule has 0 unspecified atom stereocenters. The number of carboxylic acids is 1. The van der Waals surface area contributed by atoms with E-state index in [-0.39, 0.29) is 6.42 Å². The first-order chi connectivity index (χ1) is 6.05. The van der Waals surface area contributed by atoms with Gasteiger partial charge in [0.05, 0.1) is 18.6 Å². The predicted molar refractivity (Wildman–Crippen MR) is 41.1 cm³/mol. The van der Waals surface area contributed by atoms with Crippen LogP contribution in [0, 0.1) is 5.92 Å². The van der Waals surface area contributed by atoms with E-state index in [4.69, 9.17) is 9.84 Å². The molecule has 4 atom stereocenters. The maximum atomic E-state index is 10.7. The topological polar surface area (TPSA) is 90.3 Å². The van der Waals surface area contributed by atoms with Gasteiger partial charge in [-0.15, -0.1) is 0 Å². The Balaban J connectivity index is 2.11. The number of rotatable bonds is 1. The van der Waals surface area contributed by atoms with Gasteiger partial charge in [-0.25, -0.2) is 0 Å². The van der Waals surface area contributed by atoms with Crippen LogP contribution in [-0.2, 0) is 9.53 Å². The molecule has 1 aliphatic heterocycles. The van der Waals surface area contributed by atoms with Crippen LogP contribution in [-0.4, -0.2) is 45.7 Å². The van der Waals surface area contributed by atoms with E-state index in [9.17, 15) is 15.0 Å². The van der Waals surface area contributed by atoms with Gasteiger partial charge >= 0.3 is 5.97 Å². The van der Waals surface area contributed by atoms with E-state index in [2.05, 4.69) is 0 Å². The highest BCUT2D eigenvalue weighted by atomic mass is 16.6. The molecule has 2 rings (SSSR count). The summed E-state index contributed by atoms with van der Waals surface area (Å²) in [5.41, 5.74) is -0.763. The highest BCUT2D eigenvalue weighted by Crippen LogP contribution is 2.44. The minimum absolute atomic E-state index is 0.113. The fourth-order valence-corrected chi connectivity index (χ4v) is 1.96. The second-order valence-corrected chi connectivity index (χ2v) is 3.84. The van der Waals surface area contributed by atoms with Crippen molar-refractivity contribution in [2.24, 2.45) is 5.92 Å². The molecule has 3 N–H and O–H groups in total. The largest absolute Gasteiger partial charge is 0.481 e. The Kier molecular flexibility index (Phi) is 1.83. The van der Waals surface area contributed by atoms with Crippen molar-refractivity contribution < 1.29 is 24.9 Å². The molecule has 5 heteroatoms. The van der Waals surface area contributed by atoms with Crippen molar-refractivity contribution in [3.8, 4) is 0 Å². The summed E-state index contributed by atoms with van der Waals surface area (Å²) in [6.07, 6.45) is -1.48. The average Bonchev–Trinajstić information content (AvgIpc) is 2.81. The number of carboxylic acid groups (broad SMARTS) is 1. The molecule has 1 aliphatic carbocycles. The highest BCUT2D eigenvalue weighted by molar-refractivity contribution is 5.70. The van der Waals surface area contributed by atoms with Crippen LogP contribution in [0.1, 0.15) is 12.8 Å². The Labute approximate surface area is 74.9 Å². The zero-order valence-electron chi connectivity index (χ0n) is 7.01. The Hall–Kier alpha value is -0.650. The SMILES string of the molecule is O=C(O)[C@H]1C[C@@H](O)[C@H](O)[C@@]2(CO2)C1. The number of aliphatic hydroxyl groups excluding tert-OH is 2. The standard InChI is InChI=1S/C8H12O5/c9-5-1-4(7(11)12)2-8(3-13-8)6(5)10/h4-6,9-10H,1-3H2,(H,11,12)/t4-,5+,6-,8-/m0/s1. The summed E-state index contributed by atoms with van der Waals surface area (Å²) in [5.74, 6) is -1.53. The molecule has 0 amide bonds. The molecule has 1 saturated heterocycles. The first kappa shape index (κ1) is 8.93. The fourth-order valence-electron chi connectivity index (χ4n) is 1.96. The lowest BCUT2D eigenvalue weighted by Gasteiger charge is -2.32. The summed E-state index contributed by atoms with van der Waals surface area (Å²) >= 11 is 0. The van der Waals surface area contributed by atoms with E-state index in [1.54, 1.807) is 0 Å². The Morgan fingerprint density at radius 3 is 2.54 bits per heavy atom. The van der Waals surface area contributed by atoms with Crippen LogP contribution in [0.25, 0.3) is 0 Å². The van der Waals surface area contributed by atoms with Crippen LogP contribution in [0.3, 0.4) is 0 Å². The quantitative estimate of drug-likeness (QED) is 0.458. The first-order valence-corrected chi connectivity index (χ1v) is 4.28. The van der Waals surface area contributed by atoms with Crippen LogP contribution in [0.15, 0.2) is 0 Å². The summed E-state index contributed by atoms with van der Waals surface area (Å²) in [5, 5.41) is 27.6. The molecule has 2 fully saturated rings. The lowest BCUT2D eigenvalue weighted by atomic mass is 9.78. The Morgan fingerprint density at radius 1 is 1.46 bits per heavy atom. The van der Waals surface area contributed by atoms with Gasteiger partial charge in [0.15, 0.2) is 0 Å². The number of epoxide rings is 1. The van der Waals surface area contributed by atoms with Crippen molar-refractivity contribution in [1.82, 2.24) is 0 Å². The Morgan fingerprint density at radius 2 is 2.08 bits per heavy atom. The molecule has 0 aromatic rings.